The van der Waals surface area contributed by atoms with Crippen molar-refractivity contribution in [2.75, 3.05) is 13.1 Å². The molecule has 1 aliphatic heterocycles. The number of aromatic amines is 1. The Morgan fingerprint density at radius 2 is 2.12 bits per heavy atom. The van der Waals surface area contributed by atoms with Crippen molar-refractivity contribution in [3.05, 3.63) is 18.0 Å². The fraction of sp³-hybridized carbons (Fsp3) is 0.400. The fourth-order valence-electron chi connectivity index (χ4n) is 1.63. The summed E-state index contributed by atoms with van der Waals surface area (Å²) < 4.78 is 0. The first-order valence-corrected chi connectivity index (χ1v) is 5.28. The number of carbonyl (C=O) groups is 3. The minimum absolute atomic E-state index is 0.174. The molecular formula is C10H12N4O3. The van der Waals surface area contributed by atoms with Crippen molar-refractivity contribution >= 4 is 17.7 Å². The second-order valence-electron chi connectivity index (χ2n) is 3.68. The molecule has 0 bridgehead atoms. The molecule has 0 saturated carbocycles. The predicted molar refractivity (Wildman–Crippen MR) is 56.9 cm³/mol. The van der Waals surface area contributed by atoms with Crippen molar-refractivity contribution < 1.29 is 14.4 Å². The Morgan fingerprint density at radius 1 is 1.41 bits per heavy atom. The highest BCUT2D eigenvalue weighted by molar-refractivity contribution is 6.02. The van der Waals surface area contributed by atoms with Crippen molar-refractivity contribution in [3.8, 4) is 0 Å². The number of H-pyrrole nitrogens is 1. The molecule has 0 aromatic carbocycles. The minimum Gasteiger partial charge on any atom is -0.350 e. The highest BCUT2D eigenvalue weighted by atomic mass is 16.2. The van der Waals surface area contributed by atoms with Gasteiger partial charge in [0.15, 0.2) is 0 Å². The summed E-state index contributed by atoms with van der Waals surface area (Å²) in [7, 11) is 0. The summed E-state index contributed by atoms with van der Waals surface area (Å²) in [6, 6.07) is 0. The molecule has 2 N–H and O–H groups in total. The maximum absolute atomic E-state index is 11.5. The summed E-state index contributed by atoms with van der Waals surface area (Å²) in [4.78, 5) is 35.2. The molecular weight excluding hydrogens is 224 g/mol. The lowest BCUT2D eigenvalue weighted by Gasteiger charge is -2.13. The number of aromatic nitrogens is 2. The zero-order chi connectivity index (χ0) is 12.3. The van der Waals surface area contributed by atoms with Crippen molar-refractivity contribution in [3.63, 3.8) is 0 Å². The highest BCUT2D eigenvalue weighted by Gasteiger charge is 2.28. The minimum atomic E-state index is -0.280. The highest BCUT2D eigenvalue weighted by Crippen LogP contribution is 2.10. The van der Waals surface area contributed by atoms with Crippen LogP contribution in [-0.4, -0.2) is 45.9 Å². The van der Waals surface area contributed by atoms with Crippen LogP contribution in [0.4, 0.5) is 0 Å². The van der Waals surface area contributed by atoms with E-state index in [-0.39, 0.29) is 43.7 Å². The molecule has 1 aliphatic rings. The van der Waals surface area contributed by atoms with Gasteiger partial charge in [0.2, 0.25) is 11.8 Å². The standard InChI is InChI=1S/C10H12N4O3/c15-8-1-2-9(16)14(8)4-3-11-10(17)7-5-12-13-6-7/h5-6H,1-4H2,(H,11,17)(H,12,13). The summed E-state index contributed by atoms with van der Waals surface area (Å²) in [6.07, 6.45) is 3.42. The number of nitrogens with zero attached hydrogens (tertiary/aromatic N) is 2. The molecule has 2 rings (SSSR count). The predicted octanol–water partition coefficient (Wildman–Crippen LogP) is -0.712. The monoisotopic (exact) mass is 236 g/mol. The normalized spacial score (nSPS) is 15.4. The first kappa shape index (κ1) is 11.3. The molecule has 0 aliphatic carbocycles. The van der Waals surface area contributed by atoms with Gasteiger partial charge in [0.05, 0.1) is 11.8 Å². The lowest BCUT2D eigenvalue weighted by Crippen LogP contribution is -2.37. The molecule has 1 aromatic rings. The van der Waals surface area contributed by atoms with E-state index in [1.54, 1.807) is 0 Å². The van der Waals surface area contributed by atoms with E-state index in [2.05, 4.69) is 15.5 Å². The number of imide groups is 1. The number of hydrogen-bond donors (Lipinski definition) is 2. The summed E-state index contributed by atoms with van der Waals surface area (Å²) in [5, 5.41) is 8.78. The number of amides is 3. The van der Waals surface area contributed by atoms with Gasteiger partial charge in [-0.3, -0.25) is 24.4 Å². The lowest BCUT2D eigenvalue weighted by molar-refractivity contribution is -0.138. The molecule has 3 amide bonds. The van der Waals surface area contributed by atoms with E-state index in [0.717, 1.165) is 0 Å². The number of hydrogen-bond acceptors (Lipinski definition) is 4. The first-order valence-electron chi connectivity index (χ1n) is 5.28. The molecule has 0 radical (unpaired) electrons. The Morgan fingerprint density at radius 3 is 2.71 bits per heavy atom. The van der Waals surface area contributed by atoms with E-state index in [1.807, 2.05) is 0 Å². The van der Waals surface area contributed by atoms with Gasteiger partial charge in [-0.1, -0.05) is 0 Å². The van der Waals surface area contributed by atoms with E-state index in [1.165, 1.54) is 17.3 Å². The Bertz CT molecular complexity index is 424. The van der Waals surface area contributed by atoms with Crippen LogP contribution in [0.25, 0.3) is 0 Å². The van der Waals surface area contributed by atoms with Crippen LogP contribution >= 0.6 is 0 Å². The van der Waals surface area contributed by atoms with E-state index in [4.69, 9.17) is 0 Å². The third-order valence-electron chi connectivity index (χ3n) is 2.54. The number of likely N-dealkylation sites (tertiary alicyclic amines) is 1. The van der Waals surface area contributed by atoms with Gasteiger partial charge in [-0.05, 0) is 0 Å². The van der Waals surface area contributed by atoms with Crippen molar-refractivity contribution in [2.45, 2.75) is 12.8 Å². The average molecular weight is 236 g/mol. The summed E-state index contributed by atoms with van der Waals surface area (Å²) in [6.45, 7) is 0.475. The third kappa shape index (κ3) is 2.49. The molecule has 0 unspecified atom stereocenters. The van der Waals surface area contributed by atoms with Crippen molar-refractivity contribution in [2.24, 2.45) is 0 Å². The van der Waals surface area contributed by atoms with Crippen LogP contribution in [0, 0.1) is 0 Å². The van der Waals surface area contributed by atoms with Gasteiger partial charge >= 0.3 is 0 Å². The molecule has 1 saturated heterocycles. The summed E-state index contributed by atoms with van der Waals surface area (Å²) in [5.74, 6) is -0.627. The Hall–Kier alpha value is -2.18. The maximum Gasteiger partial charge on any atom is 0.254 e. The smallest absolute Gasteiger partial charge is 0.254 e. The molecule has 7 heteroatoms. The molecule has 7 nitrogen and oxygen atoms in total. The summed E-state index contributed by atoms with van der Waals surface area (Å²) in [5.41, 5.74) is 0.420. The van der Waals surface area contributed by atoms with Crippen LogP contribution < -0.4 is 5.32 Å². The largest absolute Gasteiger partial charge is 0.350 e. The van der Waals surface area contributed by atoms with Crippen LogP contribution in [0.15, 0.2) is 12.4 Å². The molecule has 90 valence electrons. The Labute approximate surface area is 97.2 Å². The van der Waals surface area contributed by atoms with Gasteiger partial charge in [0.1, 0.15) is 0 Å². The van der Waals surface area contributed by atoms with Crippen molar-refractivity contribution in [1.82, 2.24) is 20.4 Å². The van der Waals surface area contributed by atoms with E-state index < -0.39 is 0 Å². The molecule has 2 heterocycles. The van der Waals surface area contributed by atoms with Gasteiger partial charge in [-0.2, -0.15) is 5.10 Å². The SMILES string of the molecule is O=C(NCCN1C(=O)CCC1=O)c1cn[nH]c1. The second-order valence-corrected chi connectivity index (χ2v) is 3.68. The quantitative estimate of drug-likeness (QED) is 0.675. The maximum atomic E-state index is 11.5. The zero-order valence-electron chi connectivity index (χ0n) is 9.10. The zero-order valence-corrected chi connectivity index (χ0v) is 9.10. The third-order valence-corrected chi connectivity index (χ3v) is 2.54. The number of rotatable bonds is 4. The molecule has 1 aromatic heterocycles. The summed E-state index contributed by atoms with van der Waals surface area (Å²) >= 11 is 0. The van der Waals surface area contributed by atoms with E-state index in [9.17, 15) is 14.4 Å². The first-order chi connectivity index (χ1) is 8.18. The molecule has 17 heavy (non-hydrogen) atoms. The van der Waals surface area contributed by atoms with Gasteiger partial charge in [0, 0.05) is 32.1 Å². The Kier molecular flexibility index (Phi) is 3.17. The van der Waals surface area contributed by atoms with Crippen molar-refractivity contribution in [1.29, 1.82) is 0 Å². The van der Waals surface area contributed by atoms with Crippen LogP contribution in [0.3, 0.4) is 0 Å². The van der Waals surface area contributed by atoms with Crippen LogP contribution in [-0.2, 0) is 9.59 Å². The van der Waals surface area contributed by atoms with Gasteiger partial charge in [0.25, 0.3) is 5.91 Å². The Balaban J connectivity index is 1.78. The lowest BCUT2D eigenvalue weighted by atomic mass is 10.3. The van der Waals surface area contributed by atoms with Crippen LogP contribution in [0.5, 0.6) is 0 Å². The van der Waals surface area contributed by atoms with Gasteiger partial charge in [-0.15, -0.1) is 0 Å². The van der Waals surface area contributed by atoms with Gasteiger partial charge in [-0.25, -0.2) is 0 Å². The molecule has 1 fully saturated rings. The van der Waals surface area contributed by atoms with Crippen LogP contribution in [0.2, 0.25) is 0 Å². The average Bonchev–Trinajstić information content (AvgIpc) is 2.93. The van der Waals surface area contributed by atoms with E-state index >= 15 is 0 Å². The number of nitrogens with one attached hydrogen (secondary N) is 2. The fourth-order valence-corrected chi connectivity index (χ4v) is 1.63. The molecule has 0 atom stereocenters. The topological polar surface area (TPSA) is 95.2 Å². The second kappa shape index (κ2) is 4.77. The van der Waals surface area contributed by atoms with Crippen LogP contribution in [0.1, 0.15) is 23.2 Å². The van der Waals surface area contributed by atoms with Gasteiger partial charge < -0.3 is 5.32 Å². The number of carbonyl (C=O) groups excluding carboxylic acids is 3. The van der Waals surface area contributed by atoms with E-state index in [0.29, 0.717) is 5.56 Å². The molecule has 0 spiro atoms.